The molecule has 1 aromatic carbocycles. The first kappa shape index (κ1) is 15.7. The van der Waals surface area contributed by atoms with E-state index < -0.39 is 0 Å². The summed E-state index contributed by atoms with van der Waals surface area (Å²) in [7, 11) is 0. The van der Waals surface area contributed by atoms with E-state index in [1.54, 1.807) is 0 Å². The van der Waals surface area contributed by atoms with Gasteiger partial charge in [-0.3, -0.25) is 0 Å². The minimum atomic E-state index is -0.109. The van der Waals surface area contributed by atoms with E-state index in [0.29, 0.717) is 5.75 Å². The van der Waals surface area contributed by atoms with Crippen molar-refractivity contribution in [2.75, 3.05) is 6.54 Å². The molecule has 24 heavy (non-hydrogen) atoms. The molecule has 3 N–H and O–H groups in total. The maximum atomic E-state index is 10.7. The van der Waals surface area contributed by atoms with Crippen molar-refractivity contribution < 1.29 is 5.11 Å². The molecule has 2 heterocycles. The molecule has 2 atom stereocenters. The minimum Gasteiger partial charge on any atom is -0.508 e. The summed E-state index contributed by atoms with van der Waals surface area (Å²) in [5.41, 5.74) is 7.51. The number of phenols is 1. The Balaban J connectivity index is 0.000000729. The molecule has 1 fully saturated rings. The van der Waals surface area contributed by atoms with E-state index in [-0.39, 0.29) is 35.6 Å². The number of piperidine rings is 1. The van der Waals surface area contributed by atoms with Crippen LogP contribution in [0.4, 0.5) is 0 Å². The standard InChI is InChI=1S/C19H16N2O.2ClH/c22-14-3-1-2-11-8-15-18-5-4-13-16(12(9-18)10-21-13)19(18,17(11)14)6-7-20-15;;/h1-5,8,10,20-22H,6-7,9H2;2*1H. The number of aromatic amines is 1. The van der Waals surface area contributed by atoms with Gasteiger partial charge in [0, 0.05) is 40.5 Å². The molecule has 0 amide bonds. The lowest BCUT2D eigenvalue weighted by molar-refractivity contribution is 0.216. The van der Waals surface area contributed by atoms with Crippen LogP contribution >= 0.6 is 24.8 Å². The topological polar surface area (TPSA) is 48.0 Å². The average molecular weight is 361 g/mol. The van der Waals surface area contributed by atoms with Crippen molar-refractivity contribution in [1.82, 2.24) is 10.3 Å². The summed E-state index contributed by atoms with van der Waals surface area (Å²) in [6, 6.07) is 5.91. The molecule has 2 aromatic rings. The number of halogens is 2. The van der Waals surface area contributed by atoms with Crippen LogP contribution in [0, 0.1) is 5.41 Å². The third-order valence-corrected chi connectivity index (χ3v) is 6.28. The summed E-state index contributed by atoms with van der Waals surface area (Å²) in [5, 5.41) is 14.4. The van der Waals surface area contributed by atoms with E-state index in [1.807, 2.05) is 12.1 Å². The molecule has 5 heteroatoms. The quantitative estimate of drug-likeness (QED) is 0.669. The summed E-state index contributed by atoms with van der Waals surface area (Å²) in [6.07, 6.45) is 11.1. The minimum absolute atomic E-state index is 0. The van der Waals surface area contributed by atoms with Crippen molar-refractivity contribution in [3.05, 3.63) is 64.1 Å². The van der Waals surface area contributed by atoms with E-state index >= 15 is 0 Å². The van der Waals surface area contributed by atoms with E-state index in [9.17, 15) is 5.11 Å². The van der Waals surface area contributed by atoms with E-state index in [1.165, 1.54) is 22.5 Å². The third kappa shape index (κ3) is 1.35. The number of phenolic OH excluding ortho intramolecular Hbond substituents is 1. The largest absolute Gasteiger partial charge is 0.508 e. The molecule has 1 saturated heterocycles. The first-order valence-electron chi connectivity index (χ1n) is 7.95. The molecular formula is C19H18Cl2N2O. The van der Waals surface area contributed by atoms with E-state index in [4.69, 9.17) is 0 Å². The molecule has 1 aliphatic heterocycles. The highest BCUT2D eigenvalue weighted by atomic mass is 35.5. The molecule has 0 spiro atoms. The van der Waals surface area contributed by atoms with Crippen LogP contribution in [0.3, 0.4) is 0 Å². The third-order valence-electron chi connectivity index (χ3n) is 6.28. The lowest BCUT2D eigenvalue weighted by Gasteiger charge is -2.55. The van der Waals surface area contributed by atoms with Crippen LogP contribution in [0.1, 0.15) is 34.4 Å². The molecule has 2 unspecified atom stereocenters. The molecule has 0 saturated carbocycles. The number of allylic oxidation sites excluding steroid dienone is 1. The van der Waals surface area contributed by atoms with Gasteiger partial charge in [0.15, 0.2) is 0 Å². The Morgan fingerprint density at radius 1 is 1.12 bits per heavy atom. The zero-order valence-electron chi connectivity index (χ0n) is 12.9. The fourth-order valence-corrected chi connectivity index (χ4v) is 5.61. The maximum absolute atomic E-state index is 10.7. The smallest absolute Gasteiger partial charge is 0.120 e. The lowest BCUT2D eigenvalue weighted by Crippen LogP contribution is -2.55. The highest BCUT2D eigenvalue weighted by molar-refractivity contribution is 5.85. The Kier molecular flexibility index (Phi) is 3.02. The van der Waals surface area contributed by atoms with Crippen LogP contribution in [-0.4, -0.2) is 16.6 Å². The number of rotatable bonds is 0. The summed E-state index contributed by atoms with van der Waals surface area (Å²) >= 11 is 0. The second-order valence-corrected chi connectivity index (χ2v) is 6.97. The number of benzene rings is 1. The summed E-state index contributed by atoms with van der Waals surface area (Å²) in [6.45, 7) is 0.958. The maximum Gasteiger partial charge on any atom is 0.120 e. The first-order valence-corrected chi connectivity index (χ1v) is 7.95. The van der Waals surface area contributed by atoms with Gasteiger partial charge in [-0.1, -0.05) is 18.2 Å². The second-order valence-electron chi connectivity index (χ2n) is 6.97. The summed E-state index contributed by atoms with van der Waals surface area (Å²) in [4.78, 5) is 3.43. The van der Waals surface area contributed by atoms with E-state index in [0.717, 1.165) is 30.5 Å². The van der Waals surface area contributed by atoms with Crippen molar-refractivity contribution >= 4 is 37.0 Å². The molecule has 3 nitrogen and oxygen atoms in total. The van der Waals surface area contributed by atoms with Crippen LogP contribution in [0.15, 0.2) is 36.2 Å². The van der Waals surface area contributed by atoms with Gasteiger partial charge in [-0.2, -0.15) is 0 Å². The van der Waals surface area contributed by atoms with Gasteiger partial charge in [-0.15, -0.1) is 24.8 Å². The zero-order valence-corrected chi connectivity index (χ0v) is 14.6. The number of hydrogen-bond donors (Lipinski definition) is 3. The van der Waals surface area contributed by atoms with Gasteiger partial charge >= 0.3 is 0 Å². The predicted molar refractivity (Wildman–Crippen MR) is 99.9 cm³/mol. The molecule has 4 bridgehead atoms. The molecule has 0 radical (unpaired) electrons. The zero-order chi connectivity index (χ0) is 14.5. The Morgan fingerprint density at radius 2 is 2.00 bits per heavy atom. The number of nitrogens with one attached hydrogen (secondary N) is 2. The average Bonchev–Trinajstić information content (AvgIpc) is 2.96. The van der Waals surface area contributed by atoms with Gasteiger partial charge in [-0.25, -0.2) is 0 Å². The molecule has 1 aromatic heterocycles. The summed E-state index contributed by atoms with van der Waals surface area (Å²) < 4.78 is 0. The van der Waals surface area contributed by atoms with Crippen molar-refractivity contribution in [2.45, 2.75) is 18.3 Å². The Labute approximate surface area is 152 Å². The fourth-order valence-electron chi connectivity index (χ4n) is 5.61. The van der Waals surface area contributed by atoms with Gasteiger partial charge in [0.2, 0.25) is 0 Å². The van der Waals surface area contributed by atoms with Crippen LogP contribution in [-0.2, 0) is 11.8 Å². The van der Waals surface area contributed by atoms with Crippen molar-refractivity contribution in [2.24, 2.45) is 5.41 Å². The number of aromatic nitrogens is 1. The monoisotopic (exact) mass is 360 g/mol. The number of aromatic hydroxyl groups is 1. The Bertz CT molecular complexity index is 929. The molecule has 124 valence electrons. The van der Waals surface area contributed by atoms with Crippen LogP contribution in [0.25, 0.3) is 12.2 Å². The SMILES string of the molecule is Cl.Cl.Oc1cccc2c1C13CCNC(=C2)C12C=Cc1[nH]cc(c13)C2. The van der Waals surface area contributed by atoms with Crippen LogP contribution in [0.2, 0.25) is 0 Å². The number of hydrogen-bond acceptors (Lipinski definition) is 2. The second kappa shape index (κ2) is 4.62. The molecule has 3 aliphatic carbocycles. The summed E-state index contributed by atoms with van der Waals surface area (Å²) in [5.74, 6) is 0.439. The normalized spacial score (nSPS) is 29.4. The van der Waals surface area contributed by atoms with Crippen molar-refractivity contribution in [1.29, 1.82) is 0 Å². The number of H-pyrrole nitrogens is 1. The molecular weight excluding hydrogens is 343 g/mol. The van der Waals surface area contributed by atoms with Gasteiger partial charge in [0.05, 0.1) is 0 Å². The highest BCUT2D eigenvalue weighted by Crippen LogP contribution is 2.69. The van der Waals surface area contributed by atoms with Gasteiger partial charge < -0.3 is 15.4 Å². The highest BCUT2D eigenvalue weighted by Gasteiger charge is 2.65. The van der Waals surface area contributed by atoms with Crippen molar-refractivity contribution in [3.63, 3.8) is 0 Å². The first-order chi connectivity index (χ1) is 10.8. The van der Waals surface area contributed by atoms with Crippen molar-refractivity contribution in [3.8, 4) is 5.75 Å². The van der Waals surface area contributed by atoms with Gasteiger partial charge in [-0.05, 0) is 47.8 Å². The van der Waals surface area contributed by atoms with E-state index in [2.05, 4.69) is 40.8 Å². The molecule has 4 aliphatic rings. The lowest BCUT2D eigenvalue weighted by atomic mass is 9.50. The van der Waals surface area contributed by atoms with Crippen LogP contribution in [0.5, 0.6) is 5.75 Å². The molecule has 6 rings (SSSR count). The fraction of sp³-hybridized carbons (Fsp3) is 0.263. The Morgan fingerprint density at radius 3 is 2.88 bits per heavy atom. The number of fused-ring (bicyclic) bond motifs is 1. The Hall–Kier alpha value is -1.84. The van der Waals surface area contributed by atoms with Gasteiger partial charge in [0.25, 0.3) is 0 Å². The predicted octanol–water partition coefficient (Wildman–Crippen LogP) is 3.77. The van der Waals surface area contributed by atoms with Crippen LogP contribution < -0.4 is 5.32 Å². The van der Waals surface area contributed by atoms with Gasteiger partial charge in [0.1, 0.15) is 5.75 Å².